The van der Waals surface area contributed by atoms with Gasteiger partial charge in [0.05, 0.1) is 0 Å². The van der Waals surface area contributed by atoms with E-state index in [-0.39, 0.29) is 17.8 Å². The number of quaternary nitrogens is 1. The van der Waals surface area contributed by atoms with Crippen molar-refractivity contribution in [3.8, 4) is 11.5 Å². The zero-order valence-corrected chi connectivity index (χ0v) is 16.5. The Kier molecular flexibility index (Phi) is 5.77. The Hall–Kier alpha value is -2.33. The first-order valence-corrected chi connectivity index (χ1v) is 10.2. The molecular formula is C19H17ClF3N2O3S+. The van der Waals surface area contributed by atoms with Crippen LogP contribution in [0.3, 0.4) is 0 Å². The van der Waals surface area contributed by atoms with Crippen LogP contribution in [-0.4, -0.2) is 27.0 Å². The number of nitrogens with zero attached hydrogens (tertiary/aromatic N) is 1. The van der Waals surface area contributed by atoms with E-state index in [0.29, 0.717) is 16.5 Å². The lowest BCUT2D eigenvalue weighted by Crippen LogP contribution is -2.56. The van der Waals surface area contributed by atoms with E-state index in [1.54, 1.807) is 24.3 Å². The van der Waals surface area contributed by atoms with E-state index >= 15 is 0 Å². The number of hydrogen-bond donors (Lipinski definition) is 1. The van der Waals surface area contributed by atoms with Gasteiger partial charge in [0.1, 0.15) is 24.2 Å². The molecule has 0 aliphatic carbocycles. The molecule has 1 aliphatic heterocycles. The molecule has 0 fully saturated rings. The molecule has 2 aromatic rings. The highest BCUT2D eigenvalue weighted by Gasteiger charge is 2.61. The van der Waals surface area contributed by atoms with Crippen LogP contribution in [0.15, 0.2) is 72.5 Å². The van der Waals surface area contributed by atoms with Crippen molar-refractivity contribution in [2.75, 3.05) is 13.1 Å². The lowest BCUT2D eigenvalue weighted by Gasteiger charge is -2.34. The van der Waals surface area contributed by atoms with E-state index < -0.39 is 26.0 Å². The molecule has 3 rings (SSSR count). The molecular weight excluding hydrogens is 429 g/mol. The summed E-state index contributed by atoms with van der Waals surface area (Å²) in [5.41, 5.74) is 0.289. The van der Waals surface area contributed by atoms with E-state index in [2.05, 4.69) is 0 Å². The van der Waals surface area contributed by atoms with Gasteiger partial charge in [-0.25, -0.2) is 0 Å². The van der Waals surface area contributed by atoms with Gasteiger partial charge in [-0.15, -0.1) is 3.89 Å². The minimum atomic E-state index is -5.63. The molecule has 10 heteroatoms. The number of rotatable bonds is 5. The fraction of sp³-hybridized carbons (Fsp3) is 0.158. The Balaban J connectivity index is 2.02. The quantitative estimate of drug-likeness (QED) is 0.677. The third-order valence-electron chi connectivity index (χ3n) is 4.36. The predicted molar refractivity (Wildman–Crippen MR) is 106 cm³/mol. The average molecular weight is 446 g/mol. The summed E-state index contributed by atoms with van der Waals surface area (Å²) < 4.78 is 69.5. The Morgan fingerprint density at radius 3 is 2.10 bits per heavy atom. The number of benzene rings is 2. The maximum Gasteiger partial charge on any atom is 0.550 e. The second kappa shape index (κ2) is 7.83. The normalized spacial score (nSPS) is 19.7. The number of sulfonamides is 1. The van der Waals surface area contributed by atoms with Gasteiger partial charge in [0.15, 0.2) is 5.69 Å². The number of ether oxygens (including phenoxy) is 1. The van der Waals surface area contributed by atoms with Gasteiger partial charge in [0.25, 0.3) is 0 Å². The van der Waals surface area contributed by atoms with Gasteiger partial charge in [-0.1, -0.05) is 17.7 Å². The molecule has 1 aliphatic rings. The average Bonchev–Trinajstić information content (AvgIpc) is 2.69. The van der Waals surface area contributed by atoms with Gasteiger partial charge >= 0.3 is 15.5 Å². The van der Waals surface area contributed by atoms with Crippen molar-refractivity contribution < 1.29 is 26.3 Å². The molecule has 1 unspecified atom stereocenters. The monoisotopic (exact) mass is 445 g/mol. The molecule has 0 amide bonds. The molecule has 5 nitrogen and oxygen atoms in total. The van der Waals surface area contributed by atoms with Crippen LogP contribution in [0.5, 0.6) is 11.5 Å². The molecule has 0 saturated carbocycles. The van der Waals surface area contributed by atoms with Crippen LogP contribution >= 0.6 is 11.6 Å². The van der Waals surface area contributed by atoms with Crippen molar-refractivity contribution in [3.05, 3.63) is 77.5 Å². The molecule has 0 bridgehead atoms. The maximum absolute atomic E-state index is 13.5. The zero-order valence-electron chi connectivity index (χ0n) is 14.9. The van der Waals surface area contributed by atoms with Crippen molar-refractivity contribution in [2.24, 2.45) is 5.73 Å². The van der Waals surface area contributed by atoms with Crippen molar-refractivity contribution in [1.29, 1.82) is 0 Å². The van der Waals surface area contributed by atoms with Crippen LogP contribution < -0.4 is 14.4 Å². The van der Waals surface area contributed by atoms with E-state index in [1.165, 1.54) is 36.4 Å². The highest BCUT2D eigenvalue weighted by molar-refractivity contribution is 7.91. The van der Waals surface area contributed by atoms with Crippen LogP contribution in [0.2, 0.25) is 5.02 Å². The SMILES string of the molecule is NCC1=C[N+](c2ccc(Oc3ccc(Cl)cc3)cc2)(S(=O)(=O)C(F)(F)F)CC=C1. The predicted octanol–water partition coefficient (Wildman–Crippen LogP) is 4.70. The highest BCUT2D eigenvalue weighted by Crippen LogP contribution is 2.40. The van der Waals surface area contributed by atoms with Gasteiger partial charge in [-0.3, -0.25) is 0 Å². The van der Waals surface area contributed by atoms with Gasteiger partial charge in [-0.2, -0.15) is 21.6 Å². The van der Waals surface area contributed by atoms with Crippen LogP contribution in [0, 0.1) is 0 Å². The summed E-state index contributed by atoms with van der Waals surface area (Å²) in [5, 5.41) is 0.525. The van der Waals surface area contributed by atoms with Crippen molar-refractivity contribution in [1.82, 2.24) is 3.89 Å². The Bertz CT molecular complexity index is 1050. The fourth-order valence-electron chi connectivity index (χ4n) is 2.92. The summed E-state index contributed by atoms with van der Waals surface area (Å²) in [6.07, 6.45) is 3.90. The first kappa shape index (κ1) is 21.4. The molecule has 0 aromatic heterocycles. The Morgan fingerprint density at radius 2 is 1.59 bits per heavy atom. The molecule has 1 heterocycles. The van der Waals surface area contributed by atoms with Crippen LogP contribution in [-0.2, 0) is 10.0 Å². The minimum Gasteiger partial charge on any atom is -0.457 e. The summed E-state index contributed by atoms with van der Waals surface area (Å²) in [5.74, 6) is 0.800. The Morgan fingerprint density at radius 1 is 1.03 bits per heavy atom. The molecule has 0 spiro atoms. The minimum absolute atomic E-state index is 0.0823. The van der Waals surface area contributed by atoms with Crippen LogP contribution in [0.25, 0.3) is 0 Å². The smallest absolute Gasteiger partial charge is 0.457 e. The summed E-state index contributed by atoms with van der Waals surface area (Å²) in [6.45, 7) is -0.510. The first-order valence-electron chi connectivity index (χ1n) is 8.41. The van der Waals surface area contributed by atoms with E-state index in [0.717, 1.165) is 6.20 Å². The molecule has 2 aromatic carbocycles. The molecule has 154 valence electrons. The number of nitrogens with two attached hydrogens (primary N) is 1. The lowest BCUT2D eigenvalue weighted by molar-refractivity contribution is -0.0473. The van der Waals surface area contributed by atoms with Gasteiger partial charge in [0.2, 0.25) is 0 Å². The van der Waals surface area contributed by atoms with E-state index in [1.807, 2.05) is 0 Å². The number of hydrogen-bond acceptors (Lipinski definition) is 4. The number of alkyl halides is 3. The van der Waals surface area contributed by atoms with E-state index in [4.69, 9.17) is 22.1 Å². The molecule has 0 saturated heterocycles. The summed E-state index contributed by atoms with van der Waals surface area (Å²) in [6, 6.07) is 11.9. The largest absolute Gasteiger partial charge is 0.550 e. The summed E-state index contributed by atoms with van der Waals surface area (Å²) >= 11 is 5.81. The van der Waals surface area contributed by atoms with Crippen molar-refractivity contribution in [3.63, 3.8) is 0 Å². The third kappa shape index (κ3) is 4.04. The van der Waals surface area contributed by atoms with Crippen molar-refractivity contribution in [2.45, 2.75) is 5.51 Å². The van der Waals surface area contributed by atoms with Crippen molar-refractivity contribution >= 4 is 27.3 Å². The second-order valence-electron chi connectivity index (χ2n) is 6.26. The molecule has 2 N–H and O–H groups in total. The first-order chi connectivity index (χ1) is 13.6. The highest BCUT2D eigenvalue weighted by atomic mass is 35.5. The summed E-state index contributed by atoms with van der Waals surface area (Å²) in [4.78, 5) is 0. The molecule has 0 radical (unpaired) electrons. The van der Waals surface area contributed by atoms with Crippen LogP contribution in [0.4, 0.5) is 18.9 Å². The molecule has 1 atom stereocenters. The lowest BCUT2D eigenvalue weighted by atomic mass is 10.2. The van der Waals surface area contributed by atoms with Crippen LogP contribution in [0.1, 0.15) is 0 Å². The standard InChI is InChI=1S/C19H17ClF3N2O3S/c20-15-3-7-17(8-4-15)28-18-9-5-16(6-10-18)25(29(26,27)19(21,22)23)11-1-2-14(12-24)13-25/h1-10,13H,11-12,24H2/q+1. The number of halogens is 4. The maximum atomic E-state index is 13.5. The topological polar surface area (TPSA) is 69.4 Å². The summed E-state index contributed by atoms with van der Waals surface area (Å²) in [7, 11) is -5.63. The zero-order chi connectivity index (χ0) is 21.3. The van der Waals surface area contributed by atoms with Gasteiger partial charge in [0, 0.05) is 29.3 Å². The Labute approximate surface area is 171 Å². The third-order valence-corrected chi connectivity index (χ3v) is 6.52. The fourth-order valence-corrected chi connectivity index (χ4v) is 4.37. The second-order valence-corrected chi connectivity index (χ2v) is 8.76. The van der Waals surface area contributed by atoms with Gasteiger partial charge < -0.3 is 10.5 Å². The molecule has 29 heavy (non-hydrogen) atoms. The van der Waals surface area contributed by atoms with E-state index in [9.17, 15) is 21.6 Å². The van der Waals surface area contributed by atoms with Gasteiger partial charge in [-0.05, 0) is 42.5 Å².